The van der Waals surface area contributed by atoms with Crippen molar-refractivity contribution in [1.82, 2.24) is 4.90 Å². The zero-order chi connectivity index (χ0) is 22.0. The van der Waals surface area contributed by atoms with E-state index in [0.29, 0.717) is 17.9 Å². The Bertz CT molecular complexity index is 1090. The Morgan fingerprint density at radius 2 is 1.58 bits per heavy atom. The molecular weight excluding hydrogens is 390 g/mol. The molecule has 2 atom stereocenters. The highest BCUT2D eigenvalue weighted by atomic mass is 16.5. The van der Waals surface area contributed by atoms with E-state index in [4.69, 9.17) is 9.47 Å². The van der Waals surface area contributed by atoms with Crippen molar-refractivity contribution in [3.05, 3.63) is 101 Å². The Kier molecular flexibility index (Phi) is 5.51. The number of esters is 1. The van der Waals surface area contributed by atoms with Gasteiger partial charge in [-0.15, -0.1) is 0 Å². The zero-order valence-corrected chi connectivity index (χ0v) is 17.9. The lowest BCUT2D eigenvalue weighted by atomic mass is 9.63. The van der Waals surface area contributed by atoms with Gasteiger partial charge >= 0.3 is 5.97 Å². The maximum absolute atomic E-state index is 13.8. The van der Waals surface area contributed by atoms with Crippen molar-refractivity contribution in [3.63, 3.8) is 0 Å². The number of ether oxygens (including phenoxy) is 2. The molecule has 3 aromatic rings. The minimum absolute atomic E-state index is 0.293. The van der Waals surface area contributed by atoms with Crippen molar-refractivity contribution in [1.29, 1.82) is 0 Å². The summed E-state index contributed by atoms with van der Waals surface area (Å²) in [6, 6.07) is 24.3. The number of para-hydroxylation sites is 1. The van der Waals surface area contributed by atoms with Gasteiger partial charge in [0.15, 0.2) is 5.41 Å². The summed E-state index contributed by atoms with van der Waals surface area (Å²) in [5.41, 5.74) is 1.98. The van der Waals surface area contributed by atoms with Gasteiger partial charge in [0.25, 0.3) is 0 Å². The molecule has 158 valence electrons. The van der Waals surface area contributed by atoms with Gasteiger partial charge in [0, 0.05) is 12.1 Å². The summed E-state index contributed by atoms with van der Waals surface area (Å²) in [4.78, 5) is 28.8. The number of methoxy groups -OCH3 is 2. The molecule has 0 bridgehead atoms. The van der Waals surface area contributed by atoms with Crippen molar-refractivity contribution in [2.75, 3.05) is 14.2 Å². The summed E-state index contributed by atoms with van der Waals surface area (Å²) < 4.78 is 10.8. The minimum atomic E-state index is -1.51. The largest absolute Gasteiger partial charge is 0.496 e. The molecule has 1 saturated heterocycles. The lowest BCUT2D eigenvalue weighted by molar-refractivity contribution is -0.179. The van der Waals surface area contributed by atoms with E-state index in [9.17, 15) is 9.59 Å². The summed E-state index contributed by atoms with van der Waals surface area (Å²) in [5, 5.41) is 0. The fourth-order valence-corrected chi connectivity index (χ4v) is 4.45. The Morgan fingerprint density at radius 1 is 0.935 bits per heavy atom. The molecular formula is C26H25NO4. The third kappa shape index (κ3) is 3.26. The molecule has 5 nitrogen and oxygen atoms in total. The SMILES string of the molecule is COC(=O)[C@@]1(c2ccccc2OC)C(=O)N(Cc2ccccc2)[C@H]1c1ccc(C)cc1. The van der Waals surface area contributed by atoms with E-state index in [1.807, 2.05) is 73.7 Å². The number of carbonyl (C=O) groups excluding carboxylic acids is 2. The summed E-state index contributed by atoms with van der Waals surface area (Å²) in [6.07, 6.45) is 0. The van der Waals surface area contributed by atoms with E-state index in [1.165, 1.54) is 14.2 Å². The van der Waals surface area contributed by atoms with Gasteiger partial charge in [0.2, 0.25) is 5.91 Å². The molecule has 0 spiro atoms. The second kappa shape index (κ2) is 8.26. The topological polar surface area (TPSA) is 55.8 Å². The zero-order valence-electron chi connectivity index (χ0n) is 17.9. The van der Waals surface area contributed by atoms with E-state index in [1.54, 1.807) is 17.0 Å². The summed E-state index contributed by atoms with van der Waals surface area (Å²) >= 11 is 0. The van der Waals surface area contributed by atoms with Crippen molar-refractivity contribution >= 4 is 11.9 Å². The molecule has 5 heteroatoms. The van der Waals surface area contributed by atoms with Crippen LogP contribution in [-0.4, -0.2) is 31.0 Å². The Labute approximate surface area is 182 Å². The maximum atomic E-state index is 13.8. The second-order valence-electron chi connectivity index (χ2n) is 7.73. The van der Waals surface area contributed by atoms with Crippen LogP contribution in [0.3, 0.4) is 0 Å². The number of rotatable bonds is 6. The molecule has 1 aliphatic heterocycles. The fourth-order valence-electron chi connectivity index (χ4n) is 4.45. The number of likely N-dealkylation sites (tertiary alicyclic amines) is 1. The highest BCUT2D eigenvalue weighted by Gasteiger charge is 2.68. The molecule has 0 radical (unpaired) electrons. The highest BCUT2D eigenvalue weighted by molar-refractivity contribution is 6.15. The summed E-state index contributed by atoms with van der Waals surface area (Å²) in [6.45, 7) is 2.40. The van der Waals surface area contributed by atoms with Crippen molar-refractivity contribution in [2.45, 2.75) is 24.9 Å². The van der Waals surface area contributed by atoms with Crippen LogP contribution in [0.4, 0.5) is 0 Å². The van der Waals surface area contributed by atoms with Crippen LogP contribution in [0.1, 0.15) is 28.3 Å². The number of benzene rings is 3. The fraction of sp³-hybridized carbons (Fsp3) is 0.231. The lowest BCUT2D eigenvalue weighted by Gasteiger charge is -2.54. The number of hydrogen-bond acceptors (Lipinski definition) is 4. The molecule has 1 heterocycles. The molecule has 1 aliphatic rings. The molecule has 31 heavy (non-hydrogen) atoms. The number of nitrogens with zero attached hydrogens (tertiary/aromatic N) is 1. The molecule has 0 N–H and O–H groups in total. The molecule has 1 fully saturated rings. The van der Waals surface area contributed by atoms with Gasteiger partial charge in [0.1, 0.15) is 5.75 Å². The smallest absolute Gasteiger partial charge is 0.328 e. The van der Waals surface area contributed by atoms with Gasteiger partial charge in [-0.1, -0.05) is 78.4 Å². The van der Waals surface area contributed by atoms with Crippen LogP contribution >= 0.6 is 0 Å². The van der Waals surface area contributed by atoms with Gasteiger partial charge in [-0.3, -0.25) is 9.59 Å². The van der Waals surface area contributed by atoms with Crippen molar-refractivity contribution in [3.8, 4) is 5.75 Å². The van der Waals surface area contributed by atoms with Gasteiger partial charge < -0.3 is 14.4 Å². The maximum Gasteiger partial charge on any atom is 0.328 e. The molecule has 0 saturated carbocycles. The second-order valence-corrected chi connectivity index (χ2v) is 7.73. The Balaban J connectivity index is 1.90. The van der Waals surface area contributed by atoms with Crippen LogP contribution < -0.4 is 4.74 Å². The van der Waals surface area contributed by atoms with Gasteiger partial charge in [-0.05, 0) is 24.1 Å². The third-order valence-corrected chi connectivity index (χ3v) is 5.95. The first-order chi connectivity index (χ1) is 15.0. The van der Waals surface area contributed by atoms with Crippen LogP contribution in [0.15, 0.2) is 78.9 Å². The van der Waals surface area contributed by atoms with E-state index in [-0.39, 0.29) is 5.91 Å². The van der Waals surface area contributed by atoms with Crippen LogP contribution in [0, 0.1) is 6.92 Å². The monoisotopic (exact) mass is 415 g/mol. The molecule has 3 aromatic carbocycles. The van der Waals surface area contributed by atoms with Gasteiger partial charge in [0.05, 0.1) is 20.3 Å². The number of β-lactam (4-membered cyclic amide) rings is 1. The standard InChI is InChI=1S/C26H25NO4/c1-18-13-15-20(16-14-18)23-26(25(29)31-3,21-11-7-8-12-22(21)30-2)24(28)27(23)17-19-9-5-4-6-10-19/h4-16,23H,17H2,1-3H3/t23-,26+/m0/s1. The Hall–Kier alpha value is -3.60. The van der Waals surface area contributed by atoms with E-state index < -0.39 is 17.4 Å². The summed E-state index contributed by atoms with van der Waals surface area (Å²) in [5.74, 6) is -0.395. The quantitative estimate of drug-likeness (QED) is 0.344. The average Bonchev–Trinajstić information content (AvgIpc) is 2.82. The molecule has 0 aromatic heterocycles. The van der Waals surface area contributed by atoms with Gasteiger partial charge in [-0.2, -0.15) is 0 Å². The minimum Gasteiger partial charge on any atom is -0.496 e. The molecule has 0 unspecified atom stereocenters. The number of amides is 1. The van der Waals surface area contributed by atoms with Crippen molar-refractivity contribution < 1.29 is 19.1 Å². The molecule has 1 amide bonds. The van der Waals surface area contributed by atoms with E-state index in [2.05, 4.69) is 0 Å². The van der Waals surface area contributed by atoms with E-state index in [0.717, 1.165) is 16.7 Å². The highest BCUT2D eigenvalue weighted by Crippen LogP contribution is 2.55. The molecule has 4 rings (SSSR count). The molecule has 0 aliphatic carbocycles. The summed E-state index contributed by atoms with van der Waals surface area (Å²) in [7, 11) is 2.86. The van der Waals surface area contributed by atoms with Gasteiger partial charge in [-0.25, -0.2) is 0 Å². The lowest BCUT2D eigenvalue weighted by Crippen LogP contribution is -2.69. The third-order valence-electron chi connectivity index (χ3n) is 5.95. The van der Waals surface area contributed by atoms with Crippen LogP contribution in [0.25, 0.3) is 0 Å². The van der Waals surface area contributed by atoms with E-state index >= 15 is 0 Å². The predicted octanol–water partition coefficient (Wildman–Crippen LogP) is 4.20. The first kappa shape index (κ1) is 20.7. The predicted molar refractivity (Wildman–Crippen MR) is 118 cm³/mol. The van der Waals surface area contributed by atoms with Crippen molar-refractivity contribution in [2.24, 2.45) is 0 Å². The number of carbonyl (C=O) groups is 2. The average molecular weight is 415 g/mol. The first-order valence-corrected chi connectivity index (χ1v) is 10.2. The number of hydrogen-bond donors (Lipinski definition) is 0. The van der Waals surface area contributed by atoms with Crippen LogP contribution in [-0.2, 0) is 26.3 Å². The Morgan fingerprint density at radius 3 is 2.23 bits per heavy atom. The first-order valence-electron chi connectivity index (χ1n) is 10.2. The van der Waals surface area contributed by atoms with Crippen LogP contribution in [0.2, 0.25) is 0 Å². The number of aryl methyl sites for hydroxylation is 1. The van der Waals surface area contributed by atoms with Crippen LogP contribution in [0.5, 0.6) is 5.75 Å². The normalized spacial score (nSPS) is 20.2.